The van der Waals surface area contributed by atoms with Gasteiger partial charge in [0.25, 0.3) is 7.52 Å². The molecule has 0 aliphatic rings. The van der Waals surface area contributed by atoms with Crippen molar-refractivity contribution in [1.29, 1.82) is 0 Å². The van der Waals surface area contributed by atoms with Crippen LogP contribution in [0.25, 0.3) is 11.2 Å². The molecule has 0 fully saturated rings. The van der Waals surface area contributed by atoms with E-state index in [0.29, 0.717) is 23.5 Å². The highest BCUT2D eigenvalue weighted by Crippen LogP contribution is 2.41. The molecular formula is C10H17N6O3P. The second-order valence-corrected chi connectivity index (χ2v) is 6.81. The van der Waals surface area contributed by atoms with Gasteiger partial charge in [0, 0.05) is 6.54 Å². The Balaban J connectivity index is 1.94. The van der Waals surface area contributed by atoms with Gasteiger partial charge in [-0.15, -0.1) is 0 Å². The van der Waals surface area contributed by atoms with Crippen LogP contribution in [0.3, 0.4) is 0 Å². The highest BCUT2D eigenvalue weighted by atomic mass is 31.2. The molecule has 0 bridgehead atoms. The number of nitrogens with two attached hydrogens (primary N) is 1. The molecule has 0 saturated heterocycles. The lowest BCUT2D eigenvalue weighted by Gasteiger charge is -2.18. The third-order valence-corrected chi connectivity index (χ3v) is 4.56. The number of anilines is 1. The molecule has 9 nitrogen and oxygen atoms in total. The van der Waals surface area contributed by atoms with E-state index in [1.807, 2.05) is 0 Å². The van der Waals surface area contributed by atoms with Gasteiger partial charge in [0.15, 0.2) is 11.5 Å². The highest BCUT2D eigenvalue weighted by molar-refractivity contribution is 7.55. The Labute approximate surface area is 115 Å². The van der Waals surface area contributed by atoms with Gasteiger partial charge in [-0.25, -0.2) is 19.6 Å². The first-order valence-corrected chi connectivity index (χ1v) is 7.70. The fraction of sp³-hybridized carbons (Fsp3) is 0.500. The lowest BCUT2D eigenvalue weighted by Crippen LogP contribution is -2.14. The monoisotopic (exact) mass is 300 g/mol. The normalized spacial score (nSPS) is 14.8. The molecule has 10 heteroatoms. The lowest BCUT2D eigenvalue weighted by molar-refractivity contribution is 0.154. The lowest BCUT2D eigenvalue weighted by atomic mass is 10.5. The number of nitrogen functional groups attached to an aromatic ring is 1. The first-order valence-electron chi connectivity index (χ1n) is 5.90. The van der Waals surface area contributed by atoms with Crippen LogP contribution in [0.15, 0.2) is 12.7 Å². The minimum atomic E-state index is -3.39. The third kappa shape index (κ3) is 3.13. The second kappa shape index (κ2) is 5.84. The minimum Gasteiger partial charge on any atom is -0.382 e. The van der Waals surface area contributed by atoms with Crippen molar-refractivity contribution in [3.05, 3.63) is 12.7 Å². The molecule has 2 aromatic rings. The number of ether oxygens (including phenoxy) is 1. The summed E-state index contributed by atoms with van der Waals surface area (Å²) in [5, 5.41) is 0. The van der Waals surface area contributed by atoms with Gasteiger partial charge >= 0.3 is 0 Å². The highest BCUT2D eigenvalue weighted by Gasteiger charge is 2.21. The zero-order valence-electron chi connectivity index (χ0n) is 11.3. The van der Waals surface area contributed by atoms with Crippen LogP contribution in [-0.2, 0) is 15.8 Å². The zero-order chi connectivity index (χ0) is 14.8. The average Bonchev–Trinajstić information content (AvgIpc) is 2.79. The molecule has 0 radical (unpaired) electrons. The van der Waals surface area contributed by atoms with Crippen molar-refractivity contribution < 1.29 is 14.2 Å². The molecule has 3 N–H and O–H groups in total. The van der Waals surface area contributed by atoms with Crippen molar-refractivity contribution in [3.8, 4) is 0 Å². The number of hydrogen-bond acceptors (Lipinski definition) is 6. The van der Waals surface area contributed by atoms with Crippen LogP contribution in [-0.4, -0.2) is 56.1 Å². The number of nitrogens with zero attached hydrogens (tertiary/aromatic N) is 5. The van der Waals surface area contributed by atoms with Crippen LogP contribution < -0.4 is 5.73 Å². The van der Waals surface area contributed by atoms with Crippen molar-refractivity contribution in [2.24, 2.45) is 0 Å². The average molecular weight is 300 g/mol. The van der Waals surface area contributed by atoms with Gasteiger partial charge in [-0.05, 0) is 14.1 Å². The first kappa shape index (κ1) is 14.9. The molecule has 0 aliphatic heterocycles. The number of hydrogen-bond donors (Lipinski definition) is 2. The maximum atomic E-state index is 11.6. The van der Waals surface area contributed by atoms with Crippen molar-refractivity contribution in [2.45, 2.75) is 6.54 Å². The quantitative estimate of drug-likeness (QED) is 0.570. The van der Waals surface area contributed by atoms with Crippen LogP contribution in [0.2, 0.25) is 0 Å². The van der Waals surface area contributed by atoms with Gasteiger partial charge in [0.05, 0.1) is 12.9 Å². The van der Waals surface area contributed by atoms with Crippen LogP contribution in [0, 0.1) is 0 Å². The van der Waals surface area contributed by atoms with Crippen LogP contribution in [0.1, 0.15) is 0 Å². The molecule has 110 valence electrons. The predicted octanol–water partition coefficient (Wildman–Crippen LogP) is 0.130. The van der Waals surface area contributed by atoms with Crippen LogP contribution >= 0.6 is 7.52 Å². The van der Waals surface area contributed by atoms with Gasteiger partial charge in [-0.2, -0.15) is 0 Å². The van der Waals surface area contributed by atoms with E-state index in [0.717, 1.165) is 0 Å². The van der Waals surface area contributed by atoms with E-state index >= 15 is 0 Å². The molecule has 1 unspecified atom stereocenters. The van der Waals surface area contributed by atoms with Crippen molar-refractivity contribution in [3.63, 3.8) is 0 Å². The van der Waals surface area contributed by atoms with Crippen LogP contribution in [0.4, 0.5) is 5.82 Å². The minimum absolute atomic E-state index is 0.218. The van der Waals surface area contributed by atoms with E-state index in [-0.39, 0.29) is 13.0 Å². The molecule has 0 amide bonds. The predicted molar refractivity (Wildman–Crippen MR) is 74.1 cm³/mol. The molecule has 20 heavy (non-hydrogen) atoms. The summed E-state index contributed by atoms with van der Waals surface area (Å²) in [4.78, 5) is 21.6. The van der Waals surface area contributed by atoms with Gasteiger partial charge < -0.3 is 19.9 Å². The summed E-state index contributed by atoms with van der Waals surface area (Å²) in [5.74, 6) is 0.321. The Hall–Kier alpha value is -1.54. The fourth-order valence-corrected chi connectivity index (χ4v) is 2.12. The number of aromatic nitrogens is 4. The Morgan fingerprint density at radius 1 is 1.45 bits per heavy atom. The van der Waals surface area contributed by atoms with Gasteiger partial charge in [-0.3, -0.25) is 4.57 Å². The van der Waals surface area contributed by atoms with E-state index in [1.54, 1.807) is 10.9 Å². The van der Waals surface area contributed by atoms with Crippen LogP contribution in [0.5, 0.6) is 0 Å². The Morgan fingerprint density at radius 3 is 2.90 bits per heavy atom. The standard InChI is InChI=1S/C10H17N6O3P/c1-15(2)20(17,18)7-19-4-3-16-6-14-8-9(11)12-5-13-10(8)16/h5-6H,3-4,7H2,1-2H3,(H,17,18)(H2,11,12,13). The molecule has 0 saturated carbocycles. The number of fused-ring (bicyclic) bond motifs is 1. The van der Waals surface area contributed by atoms with Gasteiger partial charge in [0.1, 0.15) is 18.2 Å². The maximum Gasteiger partial charge on any atom is 0.294 e. The maximum absolute atomic E-state index is 11.6. The molecule has 0 aromatic carbocycles. The third-order valence-electron chi connectivity index (χ3n) is 2.79. The summed E-state index contributed by atoms with van der Waals surface area (Å²) < 4.78 is 19.9. The summed E-state index contributed by atoms with van der Waals surface area (Å²) in [6.07, 6.45) is 2.73. The Kier molecular flexibility index (Phi) is 4.34. The van der Waals surface area contributed by atoms with Crippen molar-refractivity contribution in [2.75, 3.05) is 32.8 Å². The van der Waals surface area contributed by atoms with E-state index in [2.05, 4.69) is 15.0 Å². The Bertz CT molecular complexity index is 643. The molecule has 2 aromatic heterocycles. The molecule has 2 rings (SSSR count). The number of imidazole rings is 1. The summed E-state index contributed by atoms with van der Waals surface area (Å²) in [6.45, 7) is 0.730. The summed E-state index contributed by atoms with van der Waals surface area (Å²) in [5.41, 5.74) is 6.83. The van der Waals surface area contributed by atoms with Crippen molar-refractivity contribution >= 4 is 24.5 Å². The van der Waals surface area contributed by atoms with Crippen molar-refractivity contribution in [1.82, 2.24) is 24.2 Å². The SMILES string of the molecule is CN(C)P(=O)(O)COCCn1cnc2c(N)ncnc21. The Morgan fingerprint density at radius 2 is 2.20 bits per heavy atom. The topological polar surface area (TPSA) is 119 Å². The zero-order valence-corrected chi connectivity index (χ0v) is 12.2. The molecule has 1 atom stereocenters. The fourth-order valence-electron chi connectivity index (χ4n) is 1.52. The summed E-state index contributed by atoms with van der Waals surface area (Å²) in [6, 6.07) is 0. The van der Waals surface area contributed by atoms with E-state index < -0.39 is 7.52 Å². The smallest absolute Gasteiger partial charge is 0.294 e. The summed E-state index contributed by atoms with van der Waals surface area (Å²) in [7, 11) is -0.316. The van der Waals surface area contributed by atoms with E-state index in [1.165, 1.54) is 25.1 Å². The number of rotatable bonds is 6. The van der Waals surface area contributed by atoms with E-state index in [4.69, 9.17) is 10.5 Å². The van der Waals surface area contributed by atoms with Gasteiger partial charge in [0.2, 0.25) is 0 Å². The van der Waals surface area contributed by atoms with E-state index in [9.17, 15) is 9.46 Å². The largest absolute Gasteiger partial charge is 0.382 e. The molecule has 0 spiro atoms. The first-order chi connectivity index (χ1) is 9.42. The summed E-state index contributed by atoms with van der Waals surface area (Å²) >= 11 is 0. The molecular weight excluding hydrogens is 283 g/mol. The molecule has 2 heterocycles. The van der Waals surface area contributed by atoms with Gasteiger partial charge in [-0.1, -0.05) is 0 Å². The second-order valence-electron chi connectivity index (χ2n) is 4.42. The molecule has 0 aliphatic carbocycles.